The van der Waals surface area contributed by atoms with E-state index >= 15 is 0 Å². The van der Waals surface area contributed by atoms with Crippen molar-refractivity contribution in [1.29, 1.82) is 0 Å². The smallest absolute Gasteiger partial charge is 0.120 e. The molecule has 0 spiro atoms. The molecule has 0 aliphatic heterocycles. The van der Waals surface area contributed by atoms with Crippen LogP contribution in [0.25, 0.3) is 16.3 Å². The van der Waals surface area contributed by atoms with Gasteiger partial charge in [-0.1, -0.05) is 63.2 Å². The highest BCUT2D eigenvalue weighted by Gasteiger charge is 2.35. The van der Waals surface area contributed by atoms with E-state index in [-0.39, 0.29) is 5.41 Å². The molecule has 6 rings (SSSR count). The Labute approximate surface area is 205 Å². The minimum Gasteiger partial charge on any atom is -0.489 e. The fourth-order valence-electron chi connectivity index (χ4n) is 5.94. The molecule has 2 heteroatoms. The molecule has 3 aliphatic rings. The van der Waals surface area contributed by atoms with Crippen LogP contribution in [0.3, 0.4) is 0 Å². The lowest BCUT2D eigenvalue weighted by atomic mass is 9.65. The molecule has 3 aromatic rings. The van der Waals surface area contributed by atoms with Gasteiger partial charge < -0.3 is 9.64 Å². The third kappa shape index (κ3) is 4.79. The maximum absolute atomic E-state index is 6.16. The molecule has 0 atom stereocenters. The second-order valence-electron chi connectivity index (χ2n) is 11.7. The average molecular weight is 454 g/mol. The van der Waals surface area contributed by atoms with Crippen LogP contribution in [0, 0.1) is 11.8 Å². The minimum absolute atomic E-state index is 0.178. The molecule has 0 amide bonds. The minimum atomic E-state index is 0.178. The number of hydrogen-bond acceptors (Lipinski definition) is 2. The summed E-state index contributed by atoms with van der Waals surface area (Å²) in [5.74, 6) is 2.46. The second-order valence-corrected chi connectivity index (χ2v) is 11.7. The molecular formula is C32H39NO. The van der Waals surface area contributed by atoms with Crippen LogP contribution in [0.15, 0.2) is 66.2 Å². The van der Waals surface area contributed by atoms with E-state index in [0.717, 1.165) is 24.1 Å². The second kappa shape index (κ2) is 9.23. The van der Waals surface area contributed by atoms with E-state index in [1.807, 2.05) is 0 Å². The summed E-state index contributed by atoms with van der Waals surface area (Å²) in [6, 6.07) is 22.4. The first-order valence-corrected chi connectivity index (χ1v) is 12.9. The van der Waals surface area contributed by atoms with Gasteiger partial charge in [-0.3, -0.25) is 0 Å². The first-order chi connectivity index (χ1) is 16.3. The molecule has 2 nitrogen and oxygen atoms in total. The maximum Gasteiger partial charge on any atom is 0.120 e. The van der Waals surface area contributed by atoms with Crippen LogP contribution in [-0.2, 0) is 12.0 Å². The lowest BCUT2D eigenvalue weighted by Crippen LogP contribution is -2.31. The van der Waals surface area contributed by atoms with E-state index < -0.39 is 0 Å². The SMILES string of the molecule is CN(C)CC1=C(c2ccc3cc(OCc4ccc(C(C)(C)C)cc4)ccc3c2)C2CCC1CC2. The summed E-state index contributed by atoms with van der Waals surface area (Å²) in [5, 5.41) is 2.55. The topological polar surface area (TPSA) is 12.5 Å². The fourth-order valence-corrected chi connectivity index (χ4v) is 5.94. The summed E-state index contributed by atoms with van der Waals surface area (Å²) in [5.41, 5.74) is 7.52. The zero-order valence-corrected chi connectivity index (χ0v) is 21.5. The van der Waals surface area contributed by atoms with Gasteiger partial charge in [0.1, 0.15) is 12.4 Å². The molecule has 1 fully saturated rings. The van der Waals surface area contributed by atoms with E-state index in [0.29, 0.717) is 6.61 Å². The summed E-state index contributed by atoms with van der Waals surface area (Å²) in [7, 11) is 4.40. The molecule has 0 aromatic heterocycles. The molecule has 3 aromatic carbocycles. The molecule has 0 unspecified atom stereocenters. The van der Waals surface area contributed by atoms with Crippen molar-refractivity contribution in [3.63, 3.8) is 0 Å². The molecule has 0 radical (unpaired) electrons. The van der Waals surface area contributed by atoms with Crippen molar-refractivity contribution >= 4 is 16.3 Å². The number of fused-ring (bicyclic) bond motifs is 3. The first-order valence-electron chi connectivity index (χ1n) is 12.9. The summed E-state index contributed by atoms with van der Waals surface area (Å²) in [6.45, 7) is 8.43. The molecule has 1 saturated carbocycles. The van der Waals surface area contributed by atoms with Gasteiger partial charge in [-0.2, -0.15) is 0 Å². The molecule has 0 saturated heterocycles. The van der Waals surface area contributed by atoms with Crippen molar-refractivity contribution in [1.82, 2.24) is 4.90 Å². The number of rotatable bonds is 6. The number of likely N-dealkylation sites (N-methyl/N-ethyl adjacent to an activating group) is 1. The van der Waals surface area contributed by atoms with E-state index in [9.17, 15) is 0 Å². The number of allylic oxidation sites excluding steroid dienone is 1. The summed E-state index contributed by atoms with van der Waals surface area (Å²) >= 11 is 0. The molecule has 2 bridgehead atoms. The largest absolute Gasteiger partial charge is 0.489 e. The lowest BCUT2D eigenvalue weighted by molar-refractivity contribution is 0.299. The number of benzene rings is 3. The van der Waals surface area contributed by atoms with E-state index in [1.54, 1.807) is 11.1 Å². The Bertz CT molecular complexity index is 1190. The van der Waals surface area contributed by atoms with Gasteiger partial charge in [0.25, 0.3) is 0 Å². The Kier molecular flexibility index (Phi) is 6.29. The van der Waals surface area contributed by atoms with Gasteiger partial charge in [0.05, 0.1) is 0 Å². The third-order valence-electron chi connectivity index (χ3n) is 7.81. The van der Waals surface area contributed by atoms with E-state index in [4.69, 9.17) is 4.74 Å². The highest BCUT2D eigenvalue weighted by atomic mass is 16.5. The van der Waals surface area contributed by atoms with Gasteiger partial charge in [0.2, 0.25) is 0 Å². The predicted molar refractivity (Wildman–Crippen MR) is 144 cm³/mol. The number of hydrogen-bond donors (Lipinski definition) is 0. The highest BCUT2D eigenvalue weighted by Crippen LogP contribution is 2.49. The monoisotopic (exact) mass is 453 g/mol. The maximum atomic E-state index is 6.16. The molecule has 34 heavy (non-hydrogen) atoms. The van der Waals surface area contributed by atoms with Crippen LogP contribution in [0.4, 0.5) is 0 Å². The van der Waals surface area contributed by atoms with Gasteiger partial charge in [-0.25, -0.2) is 0 Å². The van der Waals surface area contributed by atoms with Gasteiger partial charge in [-0.15, -0.1) is 0 Å². The Morgan fingerprint density at radius 1 is 0.794 bits per heavy atom. The van der Waals surface area contributed by atoms with Crippen LogP contribution in [0.5, 0.6) is 5.75 Å². The van der Waals surface area contributed by atoms with Gasteiger partial charge >= 0.3 is 0 Å². The summed E-state index contributed by atoms with van der Waals surface area (Å²) in [4.78, 5) is 2.34. The third-order valence-corrected chi connectivity index (χ3v) is 7.81. The van der Waals surface area contributed by atoms with Gasteiger partial charge in [0, 0.05) is 6.54 Å². The van der Waals surface area contributed by atoms with Crippen LogP contribution in [0.2, 0.25) is 0 Å². The zero-order chi connectivity index (χ0) is 23.9. The molecule has 0 heterocycles. The van der Waals surface area contributed by atoms with Crippen molar-refractivity contribution in [2.75, 3.05) is 20.6 Å². The Morgan fingerprint density at radius 3 is 2.12 bits per heavy atom. The summed E-state index contributed by atoms with van der Waals surface area (Å²) in [6.07, 6.45) is 5.48. The van der Waals surface area contributed by atoms with E-state index in [2.05, 4.69) is 100 Å². The van der Waals surface area contributed by atoms with Crippen molar-refractivity contribution in [2.45, 2.75) is 58.5 Å². The summed E-state index contributed by atoms with van der Waals surface area (Å²) < 4.78 is 6.16. The van der Waals surface area contributed by atoms with Crippen molar-refractivity contribution in [2.24, 2.45) is 11.8 Å². The Morgan fingerprint density at radius 2 is 1.44 bits per heavy atom. The average Bonchev–Trinajstić information content (AvgIpc) is 2.82. The van der Waals surface area contributed by atoms with Crippen LogP contribution in [-0.4, -0.2) is 25.5 Å². The fraction of sp³-hybridized carbons (Fsp3) is 0.438. The lowest BCUT2D eigenvalue weighted by Gasteiger charge is -2.41. The van der Waals surface area contributed by atoms with Crippen LogP contribution >= 0.6 is 0 Å². The quantitative estimate of drug-likeness (QED) is 0.377. The molecule has 3 aliphatic carbocycles. The van der Waals surface area contributed by atoms with E-state index in [1.165, 1.54) is 53.1 Å². The standard InChI is InChI=1S/C32H39NO/c1-32(2,3)28-15-6-22(7-16-28)21-34-29-17-14-25-18-27(13-12-26(25)19-29)31-24-10-8-23(9-11-24)30(31)20-33(4)5/h6-7,12-19,23-24H,8-11,20-21H2,1-5H3. The predicted octanol–water partition coefficient (Wildman–Crippen LogP) is 7.85. The van der Waals surface area contributed by atoms with Crippen molar-refractivity contribution < 1.29 is 4.74 Å². The van der Waals surface area contributed by atoms with Gasteiger partial charge in [0.15, 0.2) is 0 Å². The first kappa shape index (κ1) is 23.2. The number of nitrogens with zero attached hydrogens (tertiary/aromatic N) is 1. The van der Waals surface area contributed by atoms with Crippen LogP contribution in [0.1, 0.15) is 63.1 Å². The van der Waals surface area contributed by atoms with Gasteiger partial charge in [-0.05, 0) is 114 Å². The van der Waals surface area contributed by atoms with Crippen molar-refractivity contribution in [3.05, 3.63) is 82.9 Å². The Hall–Kier alpha value is -2.58. The molecule has 178 valence electrons. The Balaban J connectivity index is 1.36. The molecular weight excluding hydrogens is 414 g/mol. The van der Waals surface area contributed by atoms with Crippen molar-refractivity contribution in [3.8, 4) is 5.75 Å². The van der Waals surface area contributed by atoms with Crippen LogP contribution < -0.4 is 4.74 Å². The highest BCUT2D eigenvalue weighted by molar-refractivity contribution is 5.88. The number of ether oxygens (including phenoxy) is 1. The normalized spacial score (nSPS) is 20.4. The zero-order valence-electron chi connectivity index (χ0n) is 21.5. The molecule has 0 N–H and O–H groups in total.